The van der Waals surface area contributed by atoms with Crippen LogP contribution in [-0.2, 0) is 38.6 Å². The van der Waals surface area contributed by atoms with Crippen LogP contribution in [0.2, 0.25) is 0 Å². The van der Waals surface area contributed by atoms with Gasteiger partial charge in [-0.25, -0.2) is 19.5 Å². The third kappa shape index (κ3) is 5.97. The summed E-state index contributed by atoms with van der Waals surface area (Å²) in [5.41, 5.74) is 6.45. The number of phosphoric ester groups is 1. The van der Waals surface area contributed by atoms with Crippen molar-refractivity contribution in [3.63, 3.8) is 0 Å². The molecule has 21 nitrogen and oxygen atoms in total. The summed E-state index contributed by atoms with van der Waals surface area (Å²) < 4.78 is 54.2. The minimum absolute atomic E-state index is 0.107. The number of aryl methyl sites for hydroxylation is 1. The number of nitrogen functional groups attached to an aromatic ring is 1. The Bertz CT molecular complexity index is 1870. The first kappa shape index (κ1) is 32.6. The number of H-pyrrole nitrogens is 1. The molecule has 8 N–H and O–H groups in total. The summed E-state index contributed by atoms with van der Waals surface area (Å²) in [6.07, 6.45) is -7.23. The molecule has 10 atom stereocenters. The summed E-state index contributed by atoms with van der Waals surface area (Å²) in [4.78, 5) is 51.2. The first-order valence-electron chi connectivity index (χ1n) is 13.7. The van der Waals surface area contributed by atoms with Crippen LogP contribution >= 0.6 is 16.1 Å². The van der Waals surface area contributed by atoms with Gasteiger partial charge in [0.25, 0.3) is 5.56 Å². The highest BCUT2D eigenvalue weighted by Gasteiger charge is 2.53. The number of nitrogens with zero attached hydrogens (tertiary/aromatic N) is 6. The number of aliphatic hydroxyl groups is 3. The summed E-state index contributed by atoms with van der Waals surface area (Å²) in [6.45, 7) is 0.393. The van der Waals surface area contributed by atoms with Gasteiger partial charge in [-0.1, -0.05) is 6.92 Å². The number of hydrogen-bond acceptors (Lipinski definition) is 16. The maximum atomic E-state index is 13.2. The molecule has 2 aliphatic heterocycles. The lowest BCUT2D eigenvalue weighted by Gasteiger charge is -2.24. The van der Waals surface area contributed by atoms with Gasteiger partial charge in [0.15, 0.2) is 35.4 Å². The van der Waals surface area contributed by atoms with Gasteiger partial charge in [0.1, 0.15) is 36.0 Å². The van der Waals surface area contributed by atoms with E-state index in [-0.39, 0.29) is 17.1 Å². The molecule has 0 radical (unpaired) electrons. The first-order valence-corrected chi connectivity index (χ1v) is 16.3. The topological polar surface area (TPSA) is 302 Å². The van der Waals surface area contributed by atoms with Gasteiger partial charge in [-0.15, -0.1) is 9.42 Å². The molecule has 6 rings (SSSR count). The van der Waals surface area contributed by atoms with Crippen LogP contribution in [0.3, 0.4) is 0 Å². The van der Waals surface area contributed by atoms with Gasteiger partial charge in [-0.05, 0) is 18.1 Å². The Morgan fingerprint density at radius 3 is 2.46 bits per heavy atom. The van der Waals surface area contributed by atoms with E-state index in [0.717, 1.165) is 16.5 Å². The number of fused-ring (bicyclic) bond motifs is 2. The smallest absolute Gasteiger partial charge is 0.394 e. The second-order valence-electron chi connectivity index (χ2n) is 10.4. The van der Waals surface area contributed by atoms with E-state index in [2.05, 4.69) is 24.9 Å². The standard InChI is InChI=1S/C23H28N8O13P2/c1-2-9-3-4-25-18-12(9)26-7-30(18)21-15(34)16(43-45(36)37)11(42-21)6-40-46(38,39)44-17-14(33)10(5-32)41-22(17)31-8-27-13-19(31)28-23(24)29-20(13)35/h3-4,7-8,10-11,14-17,21-22,32-34H,2,5-6H2,1H3,(H4-,24,28,29,35,36,37,38,39)/p+1/t10-,11-,14-,15-,16-,17-,21-,22-/m1/s1. The van der Waals surface area contributed by atoms with Crippen LogP contribution in [0.15, 0.2) is 29.7 Å². The Morgan fingerprint density at radius 2 is 1.76 bits per heavy atom. The number of nitrogens with one attached hydrogen (secondary N) is 1. The number of phosphoric acid groups is 1. The Hall–Kier alpha value is -3.30. The lowest BCUT2D eigenvalue weighted by atomic mass is 10.1. The molecule has 0 amide bonds. The van der Waals surface area contributed by atoms with E-state index in [0.29, 0.717) is 17.6 Å². The third-order valence-electron chi connectivity index (χ3n) is 7.60. The number of imidazole rings is 2. The van der Waals surface area contributed by atoms with E-state index in [1.165, 1.54) is 10.9 Å². The maximum absolute atomic E-state index is 13.2. The molecule has 2 unspecified atom stereocenters. The molecule has 0 aliphatic carbocycles. The molecule has 0 bridgehead atoms. The number of hydrogen-bond donors (Lipinski definition) is 7. The van der Waals surface area contributed by atoms with Crippen molar-refractivity contribution in [3.8, 4) is 0 Å². The molecule has 4 aromatic heterocycles. The zero-order chi connectivity index (χ0) is 32.9. The van der Waals surface area contributed by atoms with Crippen molar-refractivity contribution in [3.05, 3.63) is 40.8 Å². The van der Waals surface area contributed by atoms with E-state index < -0.39 is 83.9 Å². The van der Waals surface area contributed by atoms with Crippen molar-refractivity contribution in [2.75, 3.05) is 18.9 Å². The van der Waals surface area contributed by atoms with Gasteiger partial charge in [0, 0.05) is 10.8 Å². The molecule has 6 heterocycles. The Labute approximate surface area is 258 Å². The predicted octanol–water partition coefficient (Wildman–Crippen LogP) is -1.24. The van der Waals surface area contributed by atoms with Crippen LogP contribution in [0.5, 0.6) is 0 Å². The highest BCUT2D eigenvalue weighted by Crippen LogP contribution is 2.50. The van der Waals surface area contributed by atoms with Gasteiger partial charge < -0.3 is 35.4 Å². The van der Waals surface area contributed by atoms with E-state index in [9.17, 15) is 39.0 Å². The zero-order valence-electron chi connectivity index (χ0n) is 23.7. The molecule has 248 valence electrons. The van der Waals surface area contributed by atoms with Crippen LogP contribution in [0.4, 0.5) is 5.95 Å². The van der Waals surface area contributed by atoms with Crippen LogP contribution in [0, 0.1) is 0 Å². The number of aliphatic hydroxyl groups excluding tert-OH is 3. The van der Waals surface area contributed by atoms with Crippen molar-refractivity contribution >= 4 is 44.4 Å². The van der Waals surface area contributed by atoms with Gasteiger partial charge in [0.05, 0.1) is 25.9 Å². The quantitative estimate of drug-likeness (QED) is 0.0906. The molecule has 46 heavy (non-hydrogen) atoms. The molecule has 0 spiro atoms. The van der Waals surface area contributed by atoms with Crippen molar-refractivity contribution in [1.29, 1.82) is 0 Å². The highest BCUT2D eigenvalue weighted by atomic mass is 31.2. The van der Waals surface area contributed by atoms with Crippen LogP contribution in [0.25, 0.3) is 22.3 Å². The number of pyridine rings is 1. The zero-order valence-corrected chi connectivity index (χ0v) is 25.5. The number of anilines is 1. The van der Waals surface area contributed by atoms with Crippen molar-refractivity contribution in [1.82, 2.24) is 34.1 Å². The molecular formula is C23H29N8O13P2+. The Kier molecular flexibility index (Phi) is 9.02. The van der Waals surface area contributed by atoms with Gasteiger partial charge >= 0.3 is 16.1 Å². The molecule has 2 fully saturated rings. The van der Waals surface area contributed by atoms with Crippen LogP contribution in [-0.4, -0.2) is 109 Å². The average Bonchev–Trinajstić information content (AvgIpc) is 3.77. The molecule has 23 heteroatoms. The van der Waals surface area contributed by atoms with Crippen molar-refractivity contribution in [2.24, 2.45) is 0 Å². The second-order valence-corrected chi connectivity index (χ2v) is 12.5. The minimum Gasteiger partial charge on any atom is -0.394 e. The largest absolute Gasteiger partial charge is 0.695 e. The van der Waals surface area contributed by atoms with E-state index in [4.69, 9.17) is 28.8 Å². The second kappa shape index (κ2) is 12.7. The van der Waals surface area contributed by atoms with Gasteiger partial charge in [-0.2, -0.15) is 4.98 Å². The van der Waals surface area contributed by atoms with E-state index in [1.807, 2.05) is 6.92 Å². The molecule has 0 aromatic carbocycles. The normalized spacial score (nSPS) is 29.9. The van der Waals surface area contributed by atoms with E-state index >= 15 is 0 Å². The SMILES string of the molecule is CCc1ccnc2c1ncn2[C@@H]1O[C@H](COP(=O)(O)O[C@@H]2[C@H](O)[C@@H](CO)O[C@H]2n2cnc3c(=O)[nH]c(N)nc32)[C@@H](O[P+](=O)O)[C@H]1O. The summed E-state index contributed by atoms with van der Waals surface area (Å²) in [7, 11) is -8.41. The number of aromatic amines is 1. The fourth-order valence-corrected chi connectivity index (χ4v) is 6.86. The Morgan fingerprint density at radius 1 is 1.07 bits per heavy atom. The number of aromatic nitrogens is 7. The average molecular weight is 687 g/mol. The Balaban J connectivity index is 1.22. The molecular weight excluding hydrogens is 658 g/mol. The summed E-state index contributed by atoms with van der Waals surface area (Å²) in [6, 6.07) is 1.78. The van der Waals surface area contributed by atoms with E-state index in [1.54, 1.807) is 12.3 Å². The monoisotopic (exact) mass is 687 g/mol. The number of ether oxygens (including phenoxy) is 2. The minimum atomic E-state index is -5.15. The molecule has 4 aromatic rings. The van der Waals surface area contributed by atoms with Gasteiger partial charge in [0.2, 0.25) is 5.95 Å². The summed E-state index contributed by atoms with van der Waals surface area (Å²) in [5.74, 6) is -0.270. The predicted molar refractivity (Wildman–Crippen MR) is 152 cm³/mol. The molecule has 2 aliphatic rings. The fourth-order valence-electron chi connectivity index (χ4n) is 5.46. The lowest BCUT2D eigenvalue weighted by Crippen LogP contribution is -2.36. The first-order chi connectivity index (χ1) is 21.9. The molecule has 2 saturated heterocycles. The number of nitrogens with two attached hydrogens (primary N) is 1. The van der Waals surface area contributed by atoms with Crippen molar-refractivity contribution in [2.45, 2.75) is 62.4 Å². The lowest BCUT2D eigenvalue weighted by molar-refractivity contribution is -0.0609. The maximum Gasteiger partial charge on any atom is 0.695 e. The number of rotatable bonds is 11. The molecule has 0 saturated carbocycles. The van der Waals surface area contributed by atoms with Crippen LogP contribution in [0.1, 0.15) is 24.9 Å². The fraction of sp³-hybridized carbons (Fsp3) is 0.522. The summed E-state index contributed by atoms with van der Waals surface area (Å²) in [5, 5.41) is 31.5. The van der Waals surface area contributed by atoms with Crippen LogP contribution < -0.4 is 11.3 Å². The summed E-state index contributed by atoms with van der Waals surface area (Å²) >= 11 is 0. The van der Waals surface area contributed by atoms with Gasteiger partial charge in [-0.3, -0.25) is 28.0 Å². The van der Waals surface area contributed by atoms with Crippen molar-refractivity contribution < 1.29 is 57.3 Å². The highest BCUT2D eigenvalue weighted by molar-refractivity contribution is 7.47. The third-order valence-corrected chi connectivity index (χ3v) is 9.00.